The second kappa shape index (κ2) is 4.48. The van der Waals surface area contributed by atoms with E-state index in [9.17, 15) is 5.11 Å². The molecule has 0 saturated carbocycles. The first-order valence-corrected chi connectivity index (χ1v) is 4.88. The van der Waals surface area contributed by atoms with Crippen LogP contribution >= 0.6 is 0 Å². The van der Waals surface area contributed by atoms with Crippen molar-refractivity contribution in [1.82, 2.24) is 9.97 Å². The summed E-state index contributed by atoms with van der Waals surface area (Å²) in [6, 6.07) is 1.79. The third kappa shape index (κ3) is 2.27. The van der Waals surface area contributed by atoms with Crippen LogP contribution in [0.4, 0.5) is 0 Å². The SMILES string of the molecule is OC1CCOCC1Cc1ncccn1. The smallest absolute Gasteiger partial charge is 0.128 e. The van der Waals surface area contributed by atoms with Gasteiger partial charge in [0.25, 0.3) is 0 Å². The zero-order chi connectivity index (χ0) is 9.80. The van der Waals surface area contributed by atoms with Crippen LogP contribution in [-0.4, -0.2) is 34.4 Å². The lowest BCUT2D eigenvalue weighted by Gasteiger charge is -2.26. The van der Waals surface area contributed by atoms with Crippen LogP contribution in [0.15, 0.2) is 18.5 Å². The van der Waals surface area contributed by atoms with Gasteiger partial charge in [-0.25, -0.2) is 9.97 Å². The molecular weight excluding hydrogens is 180 g/mol. The molecule has 0 aromatic carbocycles. The van der Waals surface area contributed by atoms with Crippen molar-refractivity contribution in [1.29, 1.82) is 0 Å². The first kappa shape index (κ1) is 9.55. The van der Waals surface area contributed by atoms with E-state index in [0.717, 1.165) is 12.2 Å². The summed E-state index contributed by atoms with van der Waals surface area (Å²) in [6.07, 6.45) is 4.59. The molecule has 0 bridgehead atoms. The van der Waals surface area contributed by atoms with E-state index < -0.39 is 0 Å². The third-order valence-electron chi connectivity index (χ3n) is 2.50. The fourth-order valence-electron chi connectivity index (χ4n) is 1.65. The van der Waals surface area contributed by atoms with Crippen LogP contribution in [0, 0.1) is 5.92 Å². The Morgan fingerprint density at radius 2 is 2.21 bits per heavy atom. The van der Waals surface area contributed by atoms with Gasteiger partial charge >= 0.3 is 0 Å². The first-order chi connectivity index (χ1) is 6.86. The lowest BCUT2D eigenvalue weighted by atomic mass is 9.95. The highest BCUT2D eigenvalue weighted by Crippen LogP contribution is 2.17. The van der Waals surface area contributed by atoms with Crippen LogP contribution < -0.4 is 0 Å². The first-order valence-electron chi connectivity index (χ1n) is 4.88. The minimum absolute atomic E-state index is 0.145. The Hall–Kier alpha value is -1.00. The van der Waals surface area contributed by atoms with Gasteiger partial charge in [-0.1, -0.05) is 0 Å². The van der Waals surface area contributed by atoms with Crippen molar-refractivity contribution in [2.75, 3.05) is 13.2 Å². The highest BCUT2D eigenvalue weighted by molar-refractivity contribution is 4.92. The van der Waals surface area contributed by atoms with Crippen molar-refractivity contribution in [2.45, 2.75) is 18.9 Å². The van der Waals surface area contributed by atoms with Gasteiger partial charge in [-0.3, -0.25) is 0 Å². The second-order valence-corrected chi connectivity index (χ2v) is 3.56. The molecular formula is C10H14N2O2. The molecule has 0 aliphatic carbocycles. The van der Waals surface area contributed by atoms with Crippen LogP contribution in [0.25, 0.3) is 0 Å². The molecule has 2 unspecified atom stereocenters. The monoisotopic (exact) mass is 194 g/mol. The van der Waals surface area contributed by atoms with E-state index in [1.54, 1.807) is 18.5 Å². The zero-order valence-corrected chi connectivity index (χ0v) is 7.97. The number of rotatable bonds is 2. The van der Waals surface area contributed by atoms with Crippen LogP contribution in [0.2, 0.25) is 0 Å². The van der Waals surface area contributed by atoms with Gasteiger partial charge in [0.15, 0.2) is 0 Å². The Morgan fingerprint density at radius 1 is 1.43 bits per heavy atom. The maximum Gasteiger partial charge on any atom is 0.128 e. The quantitative estimate of drug-likeness (QED) is 0.741. The van der Waals surface area contributed by atoms with Crippen molar-refractivity contribution in [3.63, 3.8) is 0 Å². The number of hydrogen-bond acceptors (Lipinski definition) is 4. The Bertz CT molecular complexity index is 279. The largest absolute Gasteiger partial charge is 0.393 e. The summed E-state index contributed by atoms with van der Waals surface area (Å²) < 4.78 is 5.31. The fraction of sp³-hybridized carbons (Fsp3) is 0.600. The van der Waals surface area contributed by atoms with Gasteiger partial charge in [-0.15, -0.1) is 0 Å². The lowest BCUT2D eigenvalue weighted by Crippen LogP contribution is -2.33. The molecule has 76 valence electrons. The summed E-state index contributed by atoms with van der Waals surface area (Å²) in [4.78, 5) is 8.26. The molecule has 1 fully saturated rings. The van der Waals surface area contributed by atoms with Gasteiger partial charge in [0.05, 0.1) is 12.7 Å². The van der Waals surface area contributed by atoms with Crippen LogP contribution in [0.5, 0.6) is 0 Å². The number of hydrogen-bond donors (Lipinski definition) is 1. The van der Waals surface area contributed by atoms with Crippen molar-refractivity contribution in [3.8, 4) is 0 Å². The summed E-state index contributed by atoms with van der Waals surface area (Å²) in [5, 5.41) is 9.69. The highest BCUT2D eigenvalue weighted by Gasteiger charge is 2.24. The number of aliphatic hydroxyl groups is 1. The number of nitrogens with zero attached hydrogens (tertiary/aromatic N) is 2. The molecule has 4 heteroatoms. The average Bonchev–Trinajstić information content (AvgIpc) is 2.23. The van der Waals surface area contributed by atoms with Crippen LogP contribution in [0.1, 0.15) is 12.2 Å². The summed E-state index contributed by atoms with van der Waals surface area (Å²) in [6.45, 7) is 1.27. The molecule has 1 aromatic rings. The molecule has 14 heavy (non-hydrogen) atoms. The summed E-state index contributed by atoms with van der Waals surface area (Å²) in [5.41, 5.74) is 0. The zero-order valence-electron chi connectivity index (χ0n) is 7.97. The minimum Gasteiger partial charge on any atom is -0.393 e. The van der Waals surface area contributed by atoms with Gasteiger partial charge in [0.2, 0.25) is 0 Å². The molecule has 4 nitrogen and oxygen atoms in total. The second-order valence-electron chi connectivity index (χ2n) is 3.56. The molecule has 2 atom stereocenters. The number of aliphatic hydroxyl groups excluding tert-OH is 1. The maximum absolute atomic E-state index is 9.69. The van der Waals surface area contributed by atoms with E-state index in [2.05, 4.69) is 9.97 Å². The third-order valence-corrected chi connectivity index (χ3v) is 2.50. The molecule has 2 heterocycles. The Balaban J connectivity index is 1.96. The van der Waals surface area contributed by atoms with E-state index in [1.807, 2.05) is 0 Å². The molecule has 1 saturated heterocycles. The summed E-state index contributed by atoms with van der Waals surface area (Å²) in [5.74, 6) is 0.924. The van der Waals surface area contributed by atoms with Crippen LogP contribution in [-0.2, 0) is 11.2 Å². The van der Waals surface area contributed by atoms with E-state index in [4.69, 9.17) is 4.74 Å². The number of aromatic nitrogens is 2. The molecule has 0 amide bonds. The normalized spacial score (nSPS) is 27.5. The van der Waals surface area contributed by atoms with Crippen molar-refractivity contribution in [3.05, 3.63) is 24.3 Å². The maximum atomic E-state index is 9.69. The molecule has 1 N–H and O–H groups in total. The van der Waals surface area contributed by atoms with Gasteiger partial charge in [-0.2, -0.15) is 0 Å². The molecule has 0 radical (unpaired) electrons. The Morgan fingerprint density at radius 3 is 2.93 bits per heavy atom. The molecule has 0 spiro atoms. The van der Waals surface area contributed by atoms with Crippen molar-refractivity contribution < 1.29 is 9.84 Å². The summed E-state index contributed by atoms with van der Waals surface area (Å²) >= 11 is 0. The standard InChI is InChI=1S/C10H14N2O2/c13-9-2-5-14-7-8(9)6-10-11-3-1-4-12-10/h1,3-4,8-9,13H,2,5-7H2. The van der Waals surface area contributed by atoms with Crippen LogP contribution in [0.3, 0.4) is 0 Å². The molecule has 1 aliphatic heterocycles. The average molecular weight is 194 g/mol. The predicted molar refractivity (Wildman–Crippen MR) is 50.7 cm³/mol. The fourth-order valence-corrected chi connectivity index (χ4v) is 1.65. The molecule has 1 aliphatic rings. The van der Waals surface area contributed by atoms with E-state index in [1.165, 1.54) is 0 Å². The topological polar surface area (TPSA) is 55.2 Å². The van der Waals surface area contributed by atoms with Crippen molar-refractivity contribution >= 4 is 0 Å². The van der Waals surface area contributed by atoms with Gasteiger partial charge in [-0.05, 0) is 12.5 Å². The van der Waals surface area contributed by atoms with E-state index >= 15 is 0 Å². The predicted octanol–water partition coefficient (Wildman–Crippen LogP) is 0.417. The summed E-state index contributed by atoms with van der Waals surface area (Å²) in [7, 11) is 0. The minimum atomic E-state index is -0.271. The van der Waals surface area contributed by atoms with Gasteiger partial charge in [0.1, 0.15) is 5.82 Å². The van der Waals surface area contributed by atoms with Gasteiger partial charge < -0.3 is 9.84 Å². The van der Waals surface area contributed by atoms with E-state index in [0.29, 0.717) is 19.6 Å². The van der Waals surface area contributed by atoms with E-state index in [-0.39, 0.29) is 12.0 Å². The molecule has 1 aromatic heterocycles. The number of ether oxygens (including phenoxy) is 1. The molecule has 2 rings (SSSR count). The Kier molecular flexibility index (Phi) is 3.06. The van der Waals surface area contributed by atoms with Gasteiger partial charge in [0, 0.05) is 31.3 Å². The Labute approximate surface area is 83.0 Å². The highest BCUT2D eigenvalue weighted by atomic mass is 16.5. The lowest BCUT2D eigenvalue weighted by molar-refractivity contribution is -0.0357. The van der Waals surface area contributed by atoms with Crippen molar-refractivity contribution in [2.24, 2.45) is 5.92 Å².